The Morgan fingerprint density at radius 3 is 2.20 bits per heavy atom. The quantitative estimate of drug-likeness (QED) is 0.360. The van der Waals surface area contributed by atoms with Gasteiger partial charge in [-0.3, -0.25) is 4.79 Å². The minimum Gasteiger partial charge on any atom is -0.490 e. The molecule has 35 heavy (non-hydrogen) atoms. The number of H-pyrrole nitrogens is 1. The summed E-state index contributed by atoms with van der Waals surface area (Å²) in [6, 6.07) is 2.18. The van der Waals surface area contributed by atoms with Crippen molar-refractivity contribution >= 4 is 5.97 Å². The third kappa shape index (κ3) is 4.68. The lowest BCUT2D eigenvalue weighted by atomic mass is 9.99. The molecule has 1 N–H and O–H groups in total. The van der Waals surface area contributed by atoms with Crippen molar-refractivity contribution in [3.8, 4) is 28.5 Å². The molecular weight excluding hydrogens is 484 g/mol. The predicted octanol–water partition coefficient (Wildman–Crippen LogP) is 5.68. The molecule has 0 saturated heterocycles. The molecule has 3 aromatic rings. The number of alkyl halides is 3. The largest absolute Gasteiger partial charge is 0.490 e. The Kier molecular flexibility index (Phi) is 6.86. The number of ether oxygens (including phenoxy) is 3. The smallest absolute Gasteiger partial charge is 0.419 e. The minimum absolute atomic E-state index is 0.103. The van der Waals surface area contributed by atoms with Crippen LogP contribution in [0.5, 0.6) is 17.2 Å². The Morgan fingerprint density at radius 1 is 0.971 bits per heavy atom. The molecule has 0 aliphatic rings. The van der Waals surface area contributed by atoms with Crippen LogP contribution in [0, 0.1) is 31.3 Å². The van der Waals surface area contributed by atoms with Gasteiger partial charge in [-0.15, -0.1) is 0 Å². The van der Waals surface area contributed by atoms with Crippen molar-refractivity contribution in [3.05, 3.63) is 74.3 Å². The van der Waals surface area contributed by atoms with Crippen molar-refractivity contribution in [2.24, 2.45) is 0 Å². The fourth-order valence-corrected chi connectivity index (χ4v) is 3.27. The number of carbonyl (C=O) groups is 1. The highest BCUT2D eigenvalue weighted by atomic mass is 19.4. The van der Waals surface area contributed by atoms with Gasteiger partial charge in [-0.25, -0.2) is 13.6 Å². The van der Waals surface area contributed by atoms with Crippen molar-refractivity contribution in [3.63, 3.8) is 0 Å². The van der Waals surface area contributed by atoms with E-state index in [1.165, 1.54) is 13.8 Å². The normalized spacial score (nSPS) is 11.4. The van der Waals surface area contributed by atoms with Crippen LogP contribution in [0.2, 0.25) is 0 Å². The number of nitrogens with one attached hydrogen (secondary N) is 1. The van der Waals surface area contributed by atoms with Crippen LogP contribution < -0.4 is 14.9 Å². The molecule has 0 spiro atoms. The van der Waals surface area contributed by atoms with E-state index in [0.29, 0.717) is 12.1 Å². The Bertz CT molecular complexity index is 1380. The first-order valence-corrected chi connectivity index (χ1v) is 9.74. The third-order valence-electron chi connectivity index (χ3n) is 5.16. The van der Waals surface area contributed by atoms with Gasteiger partial charge in [0.25, 0.3) is 0 Å². The topological polar surface area (TPSA) is 77.6 Å². The van der Waals surface area contributed by atoms with Crippen LogP contribution in [0.4, 0.5) is 26.3 Å². The maximum absolute atomic E-state index is 14.6. The zero-order valence-corrected chi connectivity index (χ0v) is 18.6. The van der Waals surface area contributed by atoms with E-state index < -0.39 is 74.7 Å². The van der Waals surface area contributed by atoms with E-state index in [0.717, 1.165) is 20.3 Å². The summed E-state index contributed by atoms with van der Waals surface area (Å²) in [5, 5.41) is 0. The van der Waals surface area contributed by atoms with Gasteiger partial charge in [-0.1, -0.05) is 0 Å². The molecule has 186 valence electrons. The third-order valence-corrected chi connectivity index (χ3v) is 5.16. The summed E-state index contributed by atoms with van der Waals surface area (Å²) in [7, 11) is 1.94. The SMILES string of the molecule is COC(=O)c1c(-c2cc(F)c(C(F)(F)F)cc2Oc2ccc(F)c(F)c2OC)[nH]c(C)c(C)c1=O. The van der Waals surface area contributed by atoms with E-state index in [1.807, 2.05) is 0 Å². The molecule has 12 heteroatoms. The zero-order valence-electron chi connectivity index (χ0n) is 18.6. The number of rotatable bonds is 5. The molecule has 0 amide bonds. The molecular formula is C23H17F6NO5. The van der Waals surface area contributed by atoms with Gasteiger partial charge in [0.2, 0.25) is 11.6 Å². The molecule has 0 atom stereocenters. The maximum Gasteiger partial charge on any atom is 0.419 e. The number of hydrogen-bond donors (Lipinski definition) is 1. The van der Waals surface area contributed by atoms with Crippen LogP contribution >= 0.6 is 0 Å². The lowest BCUT2D eigenvalue weighted by Crippen LogP contribution is -2.22. The summed E-state index contributed by atoms with van der Waals surface area (Å²) in [5.74, 6) is -7.79. The molecule has 0 fully saturated rings. The summed E-state index contributed by atoms with van der Waals surface area (Å²) in [6.45, 7) is 2.84. The molecule has 0 unspecified atom stereocenters. The van der Waals surface area contributed by atoms with Gasteiger partial charge in [0, 0.05) is 16.8 Å². The van der Waals surface area contributed by atoms with Crippen LogP contribution in [-0.2, 0) is 10.9 Å². The van der Waals surface area contributed by atoms with Crippen molar-refractivity contribution in [2.75, 3.05) is 14.2 Å². The Balaban J connectivity index is 2.40. The Morgan fingerprint density at radius 2 is 1.63 bits per heavy atom. The van der Waals surface area contributed by atoms with Crippen LogP contribution in [0.25, 0.3) is 11.3 Å². The van der Waals surface area contributed by atoms with Crippen molar-refractivity contribution in [1.29, 1.82) is 0 Å². The van der Waals surface area contributed by atoms with Crippen LogP contribution in [-0.4, -0.2) is 25.2 Å². The van der Waals surface area contributed by atoms with E-state index in [1.54, 1.807) is 0 Å². The van der Waals surface area contributed by atoms with Gasteiger partial charge in [0.1, 0.15) is 17.1 Å². The Hall–Kier alpha value is -3.96. The molecule has 1 heterocycles. The second-order valence-corrected chi connectivity index (χ2v) is 7.27. The van der Waals surface area contributed by atoms with Crippen LogP contribution in [0.1, 0.15) is 27.2 Å². The van der Waals surface area contributed by atoms with E-state index >= 15 is 0 Å². The lowest BCUT2D eigenvalue weighted by Gasteiger charge is -2.19. The number of hydrogen-bond acceptors (Lipinski definition) is 5. The molecule has 6 nitrogen and oxygen atoms in total. The highest BCUT2D eigenvalue weighted by molar-refractivity contribution is 5.97. The van der Waals surface area contributed by atoms with Gasteiger partial charge in [-0.05, 0) is 38.1 Å². The number of esters is 1. The number of aromatic amines is 1. The first kappa shape index (κ1) is 25.7. The standard InChI is InChI=1S/C23H17F6NO5/c1-9-10(2)30-19(17(20(9)31)22(32)34-4)11-7-14(25)12(23(27,28)29)8-16(11)35-15-6-5-13(24)18(26)21(15)33-3/h5-8H,1-4H3,(H,30,31). The molecule has 0 bridgehead atoms. The average Bonchev–Trinajstić information content (AvgIpc) is 2.79. The molecule has 0 aliphatic heterocycles. The summed E-state index contributed by atoms with van der Waals surface area (Å²) < 4.78 is 97.5. The van der Waals surface area contributed by atoms with Crippen LogP contribution in [0.15, 0.2) is 29.1 Å². The summed E-state index contributed by atoms with van der Waals surface area (Å²) in [4.78, 5) is 27.9. The molecule has 0 radical (unpaired) electrons. The highest BCUT2D eigenvalue weighted by Crippen LogP contribution is 2.43. The van der Waals surface area contributed by atoms with Crippen molar-refractivity contribution in [2.45, 2.75) is 20.0 Å². The molecule has 1 aromatic heterocycles. The summed E-state index contributed by atoms with van der Waals surface area (Å²) >= 11 is 0. The zero-order chi connectivity index (χ0) is 26.2. The first-order valence-electron chi connectivity index (χ1n) is 9.74. The van der Waals surface area contributed by atoms with Crippen molar-refractivity contribution in [1.82, 2.24) is 4.98 Å². The second-order valence-electron chi connectivity index (χ2n) is 7.27. The average molecular weight is 501 g/mol. The Labute approximate surface area is 194 Å². The fraction of sp³-hybridized carbons (Fsp3) is 0.217. The van der Waals surface area contributed by atoms with Gasteiger partial charge in [0.15, 0.2) is 17.0 Å². The van der Waals surface area contributed by atoms with Gasteiger partial charge < -0.3 is 19.2 Å². The van der Waals surface area contributed by atoms with Crippen LogP contribution in [0.3, 0.4) is 0 Å². The minimum atomic E-state index is -5.17. The number of benzene rings is 2. The fourth-order valence-electron chi connectivity index (χ4n) is 3.27. The number of carbonyl (C=O) groups excluding carboxylic acids is 1. The number of aromatic nitrogens is 1. The maximum atomic E-state index is 14.6. The summed E-state index contributed by atoms with van der Waals surface area (Å²) in [6.07, 6.45) is -5.17. The molecule has 0 saturated carbocycles. The monoisotopic (exact) mass is 501 g/mol. The molecule has 2 aromatic carbocycles. The van der Waals surface area contributed by atoms with E-state index in [2.05, 4.69) is 9.72 Å². The van der Waals surface area contributed by atoms with E-state index in [4.69, 9.17) is 9.47 Å². The first-order chi connectivity index (χ1) is 16.3. The second kappa shape index (κ2) is 9.35. The lowest BCUT2D eigenvalue weighted by molar-refractivity contribution is -0.140. The van der Waals surface area contributed by atoms with Gasteiger partial charge >= 0.3 is 12.1 Å². The number of halogens is 6. The number of pyridine rings is 1. The highest BCUT2D eigenvalue weighted by Gasteiger charge is 2.36. The predicted molar refractivity (Wildman–Crippen MR) is 111 cm³/mol. The molecule has 3 rings (SSSR count). The van der Waals surface area contributed by atoms with Crippen molar-refractivity contribution < 1.29 is 45.3 Å². The van der Waals surface area contributed by atoms with Gasteiger partial charge in [-0.2, -0.15) is 17.6 Å². The van der Waals surface area contributed by atoms with E-state index in [-0.39, 0.29) is 17.3 Å². The number of methoxy groups -OCH3 is 2. The number of aryl methyl sites for hydroxylation is 1. The molecule has 0 aliphatic carbocycles. The summed E-state index contributed by atoms with van der Waals surface area (Å²) in [5.41, 5.74) is -3.78. The van der Waals surface area contributed by atoms with Gasteiger partial charge in [0.05, 0.1) is 25.5 Å². The van der Waals surface area contributed by atoms with E-state index in [9.17, 15) is 35.9 Å².